The van der Waals surface area contributed by atoms with E-state index in [0.29, 0.717) is 6.04 Å². The Morgan fingerprint density at radius 2 is 2.24 bits per heavy atom. The van der Waals surface area contributed by atoms with Crippen LogP contribution in [0.5, 0.6) is 0 Å². The van der Waals surface area contributed by atoms with E-state index in [2.05, 4.69) is 41.4 Å². The molecular weight excluding hydrogens is 262 g/mol. The van der Waals surface area contributed by atoms with Crippen LogP contribution in [0.25, 0.3) is 10.9 Å². The molecule has 1 N–H and O–H groups in total. The number of anilines is 1. The van der Waals surface area contributed by atoms with E-state index in [-0.39, 0.29) is 0 Å². The minimum Gasteiger partial charge on any atom is -0.377 e. The van der Waals surface area contributed by atoms with E-state index >= 15 is 0 Å². The van der Waals surface area contributed by atoms with E-state index in [1.54, 1.807) is 0 Å². The zero-order valence-electron chi connectivity index (χ0n) is 12.8. The van der Waals surface area contributed by atoms with Gasteiger partial charge in [0, 0.05) is 24.0 Å². The van der Waals surface area contributed by atoms with Crippen molar-refractivity contribution in [2.45, 2.75) is 25.9 Å². The minimum absolute atomic E-state index is 0.419. The molecule has 0 aliphatic carbocycles. The summed E-state index contributed by atoms with van der Waals surface area (Å²) < 4.78 is 5.63. The van der Waals surface area contributed by atoms with Crippen molar-refractivity contribution in [2.24, 2.45) is 0 Å². The lowest BCUT2D eigenvalue weighted by Crippen LogP contribution is -2.46. The van der Waals surface area contributed by atoms with Gasteiger partial charge in [0.05, 0.1) is 24.8 Å². The number of morpholine rings is 1. The van der Waals surface area contributed by atoms with E-state index in [1.807, 2.05) is 13.1 Å². The zero-order chi connectivity index (χ0) is 14.7. The van der Waals surface area contributed by atoms with Crippen molar-refractivity contribution in [1.29, 1.82) is 0 Å². The highest BCUT2D eigenvalue weighted by atomic mass is 16.5. The van der Waals surface area contributed by atoms with Crippen molar-refractivity contribution in [3.8, 4) is 0 Å². The second-order valence-corrected chi connectivity index (χ2v) is 5.52. The first-order valence-electron chi connectivity index (χ1n) is 7.71. The highest BCUT2D eigenvalue weighted by Gasteiger charge is 2.24. The Morgan fingerprint density at radius 3 is 3.05 bits per heavy atom. The molecule has 21 heavy (non-hydrogen) atoms. The lowest BCUT2D eigenvalue weighted by molar-refractivity contribution is 0.0925. The Hall–Kier alpha value is -1.65. The second-order valence-electron chi connectivity index (χ2n) is 5.52. The molecule has 1 aliphatic heterocycles. The Morgan fingerprint density at radius 1 is 1.38 bits per heavy atom. The third-order valence-corrected chi connectivity index (χ3v) is 4.12. The molecular formula is C17H23N3O. The summed E-state index contributed by atoms with van der Waals surface area (Å²) in [7, 11) is 1.98. The number of pyridine rings is 1. The Labute approximate surface area is 126 Å². The maximum Gasteiger partial charge on any atom is 0.134 e. The molecule has 0 radical (unpaired) electrons. The standard InChI is InChI=1S/C17H23N3O/c1-3-15-12-21-9-8-20(15)17-14(11-18-2)10-13-6-4-5-7-16(13)19-17/h4-7,10,15,18H,3,8-9,11-12H2,1-2H3. The van der Waals surface area contributed by atoms with Gasteiger partial charge in [-0.15, -0.1) is 0 Å². The molecule has 0 bridgehead atoms. The van der Waals surface area contributed by atoms with Gasteiger partial charge in [0.15, 0.2) is 0 Å². The van der Waals surface area contributed by atoms with Crippen LogP contribution in [0.4, 0.5) is 5.82 Å². The SMILES string of the molecule is CCC1COCCN1c1nc2ccccc2cc1CNC. The first-order valence-corrected chi connectivity index (χ1v) is 7.71. The summed E-state index contributed by atoms with van der Waals surface area (Å²) in [5.74, 6) is 1.11. The Kier molecular flexibility index (Phi) is 4.36. The number of nitrogens with zero attached hydrogens (tertiary/aromatic N) is 2. The first-order chi connectivity index (χ1) is 10.3. The van der Waals surface area contributed by atoms with Gasteiger partial charge in [-0.1, -0.05) is 25.1 Å². The summed E-state index contributed by atoms with van der Waals surface area (Å²) >= 11 is 0. The number of benzene rings is 1. The molecule has 1 saturated heterocycles. The lowest BCUT2D eigenvalue weighted by Gasteiger charge is -2.37. The van der Waals surface area contributed by atoms with Crippen LogP contribution in [-0.4, -0.2) is 37.8 Å². The molecule has 0 saturated carbocycles. The number of nitrogens with one attached hydrogen (secondary N) is 1. The third kappa shape index (κ3) is 2.87. The van der Waals surface area contributed by atoms with Crippen molar-refractivity contribution >= 4 is 16.7 Å². The number of ether oxygens (including phenoxy) is 1. The van der Waals surface area contributed by atoms with Crippen LogP contribution < -0.4 is 10.2 Å². The average Bonchev–Trinajstić information content (AvgIpc) is 2.54. The molecule has 0 amide bonds. The van der Waals surface area contributed by atoms with Crippen LogP contribution in [-0.2, 0) is 11.3 Å². The van der Waals surface area contributed by atoms with Crippen molar-refractivity contribution in [3.05, 3.63) is 35.9 Å². The van der Waals surface area contributed by atoms with Crippen molar-refractivity contribution in [3.63, 3.8) is 0 Å². The summed E-state index contributed by atoms with van der Waals surface area (Å²) in [6.07, 6.45) is 1.08. The number of para-hydroxylation sites is 1. The molecule has 2 heterocycles. The van der Waals surface area contributed by atoms with E-state index in [1.165, 1.54) is 10.9 Å². The number of fused-ring (bicyclic) bond motifs is 1. The van der Waals surface area contributed by atoms with Crippen molar-refractivity contribution in [2.75, 3.05) is 31.7 Å². The molecule has 2 aromatic rings. The van der Waals surface area contributed by atoms with Gasteiger partial charge in [-0.2, -0.15) is 0 Å². The van der Waals surface area contributed by atoms with Crippen LogP contribution in [0.1, 0.15) is 18.9 Å². The molecule has 1 aliphatic rings. The molecule has 1 aromatic carbocycles. The molecule has 1 atom stereocenters. The van der Waals surface area contributed by atoms with Gasteiger partial charge in [-0.25, -0.2) is 4.98 Å². The molecule has 4 heteroatoms. The second kappa shape index (κ2) is 6.41. The maximum absolute atomic E-state index is 5.63. The first kappa shape index (κ1) is 14.3. The van der Waals surface area contributed by atoms with Gasteiger partial charge in [0.2, 0.25) is 0 Å². The number of hydrogen-bond donors (Lipinski definition) is 1. The van der Waals surface area contributed by atoms with Crippen molar-refractivity contribution < 1.29 is 4.74 Å². The van der Waals surface area contributed by atoms with E-state index in [4.69, 9.17) is 9.72 Å². The molecule has 0 spiro atoms. The third-order valence-electron chi connectivity index (χ3n) is 4.12. The number of rotatable bonds is 4. The summed E-state index contributed by atoms with van der Waals surface area (Å²) in [6, 6.07) is 11.0. The smallest absolute Gasteiger partial charge is 0.134 e. The molecule has 1 unspecified atom stereocenters. The summed E-state index contributed by atoms with van der Waals surface area (Å²) in [4.78, 5) is 7.37. The van der Waals surface area contributed by atoms with Gasteiger partial charge < -0.3 is 15.0 Å². The summed E-state index contributed by atoms with van der Waals surface area (Å²) in [6.45, 7) is 5.54. The molecule has 112 valence electrons. The normalized spacial score (nSPS) is 19.1. The molecule has 1 fully saturated rings. The largest absolute Gasteiger partial charge is 0.377 e. The molecule has 4 nitrogen and oxygen atoms in total. The number of hydrogen-bond acceptors (Lipinski definition) is 4. The van der Waals surface area contributed by atoms with E-state index in [9.17, 15) is 0 Å². The van der Waals surface area contributed by atoms with Crippen LogP contribution >= 0.6 is 0 Å². The van der Waals surface area contributed by atoms with Crippen molar-refractivity contribution in [1.82, 2.24) is 10.3 Å². The topological polar surface area (TPSA) is 37.4 Å². The van der Waals surface area contributed by atoms with Gasteiger partial charge in [0.1, 0.15) is 5.82 Å². The van der Waals surface area contributed by atoms with E-state index in [0.717, 1.165) is 44.1 Å². The van der Waals surface area contributed by atoms with Crippen LogP contribution in [0.15, 0.2) is 30.3 Å². The highest BCUT2D eigenvalue weighted by Crippen LogP contribution is 2.27. The van der Waals surface area contributed by atoms with Gasteiger partial charge in [-0.05, 0) is 25.6 Å². The summed E-state index contributed by atoms with van der Waals surface area (Å²) in [5, 5.41) is 4.46. The Bertz CT molecular complexity index is 614. The quantitative estimate of drug-likeness (QED) is 0.937. The van der Waals surface area contributed by atoms with Gasteiger partial charge >= 0.3 is 0 Å². The van der Waals surface area contributed by atoms with E-state index < -0.39 is 0 Å². The zero-order valence-corrected chi connectivity index (χ0v) is 12.8. The fourth-order valence-electron chi connectivity index (χ4n) is 2.99. The number of aromatic nitrogens is 1. The molecule has 3 rings (SSSR count). The Balaban J connectivity index is 2.07. The highest BCUT2D eigenvalue weighted by molar-refractivity contribution is 5.82. The summed E-state index contributed by atoms with van der Waals surface area (Å²) in [5.41, 5.74) is 2.32. The fourth-order valence-corrected chi connectivity index (χ4v) is 2.99. The predicted octanol–water partition coefficient (Wildman–Crippen LogP) is 2.57. The maximum atomic E-state index is 5.63. The van der Waals surface area contributed by atoms with Gasteiger partial charge in [-0.3, -0.25) is 0 Å². The average molecular weight is 285 g/mol. The predicted molar refractivity (Wildman–Crippen MR) is 86.8 cm³/mol. The van der Waals surface area contributed by atoms with Gasteiger partial charge in [0.25, 0.3) is 0 Å². The van der Waals surface area contributed by atoms with Crippen LogP contribution in [0.2, 0.25) is 0 Å². The minimum atomic E-state index is 0.419. The van der Waals surface area contributed by atoms with Crippen LogP contribution in [0.3, 0.4) is 0 Å². The lowest BCUT2D eigenvalue weighted by atomic mass is 10.1. The monoisotopic (exact) mass is 285 g/mol. The fraction of sp³-hybridized carbons (Fsp3) is 0.471. The molecule has 1 aromatic heterocycles. The van der Waals surface area contributed by atoms with Crippen LogP contribution in [0, 0.1) is 0 Å².